The molecular formula is C28H25F3N4O3S. The number of aromatic nitrogens is 2. The number of para-hydroxylation sites is 1. The lowest BCUT2D eigenvalue weighted by Gasteiger charge is -2.14. The first kappa shape index (κ1) is 27.9. The molecule has 0 saturated carbocycles. The van der Waals surface area contributed by atoms with Crippen molar-refractivity contribution in [3.63, 3.8) is 0 Å². The standard InChI is InChI=1S/C28H25F3N4O3S/c29-28(30,31)20-9-6-10-21(17-20)33-25(37)18-39-27-34-23-12-5-4-11-22(23)26(38)35(27)16-14-24(36)32-15-13-19-7-2-1-3-8-19/h1-12,17H,13-16,18H2,(H,32,36)(H,33,37). The van der Waals surface area contributed by atoms with E-state index in [1.54, 1.807) is 24.3 Å². The van der Waals surface area contributed by atoms with Crippen LogP contribution < -0.4 is 16.2 Å². The van der Waals surface area contributed by atoms with Gasteiger partial charge in [-0.15, -0.1) is 0 Å². The zero-order chi connectivity index (χ0) is 27.8. The van der Waals surface area contributed by atoms with E-state index in [2.05, 4.69) is 15.6 Å². The van der Waals surface area contributed by atoms with Crippen LogP contribution in [0.4, 0.5) is 18.9 Å². The topological polar surface area (TPSA) is 93.1 Å². The summed E-state index contributed by atoms with van der Waals surface area (Å²) < 4.78 is 40.3. The summed E-state index contributed by atoms with van der Waals surface area (Å²) in [6.45, 7) is 0.496. The lowest BCUT2D eigenvalue weighted by Crippen LogP contribution is -2.30. The highest BCUT2D eigenvalue weighted by Crippen LogP contribution is 2.30. The number of halogens is 3. The van der Waals surface area contributed by atoms with Gasteiger partial charge in [-0.25, -0.2) is 4.98 Å². The molecule has 11 heteroatoms. The minimum absolute atomic E-state index is 0.00598. The van der Waals surface area contributed by atoms with Crippen LogP contribution in [-0.4, -0.2) is 33.7 Å². The number of carbonyl (C=O) groups is 2. The number of nitrogens with zero attached hydrogens (tertiary/aromatic N) is 2. The number of hydrogen-bond acceptors (Lipinski definition) is 5. The molecule has 0 fully saturated rings. The number of rotatable bonds is 10. The van der Waals surface area contributed by atoms with Crippen LogP contribution in [0.1, 0.15) is 17.5 Å². The maximum Gasteiger partial charge on any atom is 0.416 e. The van der Waals surface area contributed by atoms with Gasteiger partial charge in [0.05, 0.1) is 22.2 Å². The number of thioether (sulfide) groups is 1. The Bertz CT molecular complexity index is 1520. The molecule has 7 nitrogen and oxygen atoms in total. The highest BCUT2D eigenvalue weighted by Gasteiger charge is 2.30. The van der Waals surface area contributed by atoms with E-state index < -0.39 is 17.6 Å². The van der Waals surface area contributed by atoms with Crippen LogP contribution in [-0.2, 0) is 28.7 Å². The molecule has 0 aliphatic carbocycles. The van der Waals surface area contributed by atoms with Crippen molar-refractivity contribution >= 4 is 40.2 Å². The van der Waals surface area contributed by atoms with E-state index in [0.29, 0.717) is 23.9 Å². The molecule has 1 aromatic heterocycles. The van der Waals surface area contributed by atoms with Crippen molar-refractivity contribution in [1.29, 1.82) is 0 Å². The second-order valence-electron chi connectivity index (χ2n) is 8.62. The number of alkyl halides is 3. The number of nitrogens with one attached hydrogen (secondary N) is 2. The fraction of sp³-hybridized carbons (Fsp3) is 0.214. The molecule has 1 heterocycles. The summed E-state index contributed by atoms with van der Waals surface area (Å²) in [4.78, 5) is 42.7. The Kier molecular flexibility index (Phi) is 9.03. The molecule has 2 amide bonds. The quantitative estimate of drug-likeness (QED) is 0.215. The third-order valence-corrected chi connectivity index (χ3v) is 6.75. The normalized spacial score (nSPS) is 11.4. The summed E-state index contributed by atoms with van der Waals surface area (Å²) in [7, 11) is 0. The second kappa shape index (κ2) is 12.6. The second-order valence-corrected chi connectivity index (χ2v) is 9.56. The smallest absolute Gasteiger partial charge is 0.356 e. The van der Waals surface area contributed by atoms with Crippen molar-refractivity contribution in [1.82, 2.24) is 14.9 Å². The van der Waals surface area contributed by atoms with Gasteiger partial charge in [0.2, 0.25) is 11.8 Å². The average molecular weight is 555 g/mol. The largest absolute Gasteiger partial charge is 0.416 e. The lowest BCUT2D eigenvalue weighted by atomic mass is 10.1. The van der Waals surface area contributed by atoms with E-state index in [1.807, 2.05) is 30.3 Å². The molecule has 0 unspecified atom stereocenters. The predicted octanol–water partition coefficient (Wildman–Crippen LogP) is 4.90. The van der Waals surface area contributed by atoms with Crippen LogP contribution in [0.2, 0.25) is 0 Å². The molecule has 39 heavy (non-hydrogen) atoms. The summed E-state index contributed by atoms with van der Waals surface area (Å²) in [6.07, 6.45) is -3.83. The SMILES string of the molecule is O=C(CCn1c(SCC(=O)Nc2cccc(C(F)(F)F)c2)nc2ccccc2c1=O)NCCc1ccccc1. The fourth-order valence-corrected chi connectivity index (χ4v) is 4.67. The molecule has 0 aliphatic rings. The van der Waals surface area contributed by atoms with Gasteiger partial charge in [-0.1, -0.05) is 60.3 Å². The molecule has 0 atom stereocenters. The summed E-state index contributed by atoms with van der Waals surface area (Å²) in [5, 5.41) is 5.89. The van der Waals surface area contributed by atoms with Gasteiger partial charge in [0.15, 0.2) is 5.16 Å². The molecule has 3 aromatic carbocycles. The zero-order valence-electron chi connectivity index (χ0n) is 20.7. The van der Waals surface area contributed by atoms with Crippen LogP contribution in [0.25, 0.3) is 10.9 Å². The average Bonchev–Trinajstić information content (AvgIpc) is 2.92. The highest BCUT2D eigenvalue weighted by molar-refractivity contribution is 7.99. The van der Waals surface area contributed by atoms with Crippen LogP contribution in [0.15, 0.2) is 88.8 Å². The van der Waals surface area contributed by atoms with E-state index in [1.165, 1.54) is 16.7 Å². The van der Waals surface area contributed by atoms with Gasteiger partial charge >= 0.3 is 6.18 Å². The molecule has 0 spiro atoms. The van der Waals surface area contributed by atoms with Crippen LogP contribution >= 0.6 is 11.8 Å². The van der Waals surface area contributed by atoms with Crippen molar-refractivity contribution in [3.05, 3.63) is 100 Å². The Morgan fingerprint density at radius 2 is 1.67 bits per heavy atom. The monoisotopic (exact) mass is 554 g/mol. The molecule has 0 bridgehead atoms. The summed E-state index contributed by atoms with van der Waals surface area (Å²) >= 11 is 0.966. The summed E-state index contributed by atoms with van der Waals surface area (Å²) in [5.41, 5.74) is 0.312. The van der Waals surface area contributed by atoms with E-state index in [0.717, 1.165) is 29.5 Å². The molecule has 2 N–H and O–H groups in total. The third-order valence-electron chi connectivity index (χ3n) is 5.77. The molecule has 0 radical (unpaired) electrons. The van der Waals surface area contributed by atoms with Gasteiger partial charge in [0.25, 0.3) is 5.56 Å². The van der Waals surface area contributed by atoms with Gasteiger partial charge in [-0.05, 0) is 42.3 Å². The van der Waals surface area contributed by atoms with Gasteiger partial charge < -0.3 is 10.6 Å². The van der Waals surface area contributed by atoms with Gasteiger partial charge in [-0.2, -0.15) is 13.2 Å². The van der Waals surface area contributed by atoms with E-state index in [-0.39, 0.29) is 41.0 Å². The molecule has 0 saturated heterocycles. The molecule has 202 valence electrons. The summed E-state index contributed by atoms with van der Waals surface area (Å²) in [5.74, 6) is -0.999. The zero-order valence-corrected chi connectivity index (χ0v) is 21.5. The van der Waals surface area contributed by atoms with Crippen LogP contribution in [0, 0.1) is 0 Å². The first-order chi connectivity index (χ1) is 18.7. The van der Waals surface area contributed by atoms with E-state index in [9.17, 15) is 27.6 Å². The maximum absolute atomic E-state index is 13.2. The number of hydrogen-bond donors (Lipinski definition) is 2. The minimum Gasteiger partial charge on any atom is -0.356 e. The Morgan fingerprint density at radius 1 is 0.923 bits per heavy atom. The Hall–Kier alpha value is -4.12. The fourth-order valence-electron chi connectivity index (χ4n) is 3.85. The molecule has 4 aromatic rings. The number of amides is 2. The first-order valence-corrected chi connectivity index (χ1v) is 13.1. The Balaban J connectivity index is 1.42. The van der Waals surface area contributed by atoms with Gasteiger partial charge in [-0.3, -0.25) is 19.0 Å². The van der Waals surface area contributed by atoms with Crippen molar-refractivity contribution in [3.8, 4) is 0 Å². The van der Waals surface area contributed by atoms with Gasteiger partial charge in [0.1, 0.15) is 0 Å². The number of anilines is 1. The first-order valence-electron chi connectivity index (χ1n) is 12.1. The van der Waals surface area contributed by atoms with Crippen molar-refractivity contribution in [2.45, 2.75) is 30.7 Å². The lowest BCUT2D eigenvalue weighted by molar-refractivity contribution is -0.137. The van der Waals surface area contributed by atoms with Crippen molar-refractivity contribution in [2.24, 2.45) is 0 Å². The predicted molar refractivity (Wildman–Crippen MR) is 145 cm³/mol. The van der Waals surface area contributed by atoms with E-state index in [4.69, 9.17) is 0 Å². The van der Waals surface area contributed by atoms with Crippen molar-refractivity contribution in [2.75, 3.05) is 17.6 Å². The minimum atomic E-state index is -4.53. The van der Waals surface area contributed by atoms with Gasteiger partial charge in [0, 0.05) is 25.2 Å². The number of fused-ring (bicyclic) bond motifs is 1. The Morgan fingerprint density at radius 3 is 2.44 bits per heavy atom. The van der Waals surface area contributed by atoms with E-state index >= 15 is 0 Å². The molecule has 4 rings (SSSR count). The number of benzene rings is 3. The molecular weight excluding hydrogens is 529 g/mol. The van der Waals surface area contributed by atoms with Crippen molar-refractivity contribution < 1.29 is 22.8 Å². The summed E-state index contributed by atoms with van der Waals surface area (Å²) in [6, 6.07) is 20.8. The molecule has 0 aliphatic heterocycles. The number of carbonyl (C=O) groups excluding carboxylic acids is 2. The Labute approximate surface area is 226 Å². The third kappa shape index (κ3) is 7.70. The highest BCUT2D eigenvalue weighted by atomic mass is 32.2. The van der Waals surface area contributed by atoms with Crippen LogP contribution in [0.5, 0.6) is 0 Å². The van der Waals surface area contributed by atoms with Crippen LogP contribution in [0.3, 0.4) is 0 Å². The maximum atomic E-state index is 13.2.